The van der Waals surface area contributed by atoms with Gasteiger partial charge < -0.3 is 5.73 Å². The maximum Gasteiger partial charge on any atom is 0.0441 e. The van der Waals surface area contributed by atoms with E-state index in [0.717, 1.165) is 17.9 Å². The molecule has 1 atom stereocenters. The Balaban J connectivity index is 2.10. The van der Waals surface area contributed by atoms with Crippen LogP contribution in [0.15, 0.2) is 17.7 Å². The highest BCUT2D eigenvalue weighted by atomic mass is 35.5. The van der Waals surface area contributed by atoms with E-state index in [-0.39, 0.29) is 6.04 Å². The third kappa shape index (κ3) is 1.82. The van der Waals surface area contributed by atoms with Crippen LogP contribution in [0.1, 0.15) is 42.4 Å². The van der Waals surface area contributed by atoms with Gasteiger partial charge in [0.15, 0.2) is 0 Å². The Morgan fingerprint density at radius 3 is 2.94 bits per heavy atom. The number of hydrogen-bond donors (Lipinski definition) is 1. The third-order valence-corrected chi connectivity index (χ3v) is 4.52. The summed E-state index contributed by atoms with van der Waals surface area (Å²) in [6, 6.07) is 4.64. The van der Waals surface area contributed by atoms with E-state index in [0.29, 0.717) is 0 Å². The highest BCUT2D eigenvalue weighted by Crippen LogP contribution is 2.41. The second-order valence-corrected chi connectivity index (χ2v) is 5.70. The van der Waals surface area contributed by atoms with Gasteiger partial charge in [-0.15, -0.1) is 0 Å². The summed E-state index contributed by atoms with van der Waals surface area (Å²) < 4.78 is 0. The molecular formula is C15H18ClN. The smallest absolute Gasteiger partial charge is 0.0441 e. The number of aryl methyl sites for hydroxylation is 1. The molecule has 1 aromatic rings. The van der Waals surface area contributed by atoms with Crippen molar-refractivity contribution in [1.29, 1.82) is 0 Å². The van der Waals surface area contributed by atoms with Gasteiger partial charge in [-0.05, 0) is 66.5 Å². The molecule has 0 radical (unpaired) electrons. The first-order valence-corrected chi connectivity index (χ1v) is 6.81. The molecule has 0 spiro atoms. The van der Waals surface area contributed by atoms with Gasteiger partial charge in [-0.2, -0.15) is 0 Å². The zero-order chi connectivity index (χ0) is 12.0. The molecule has 0 heterocycles. The second-order valence-electron chi connectivity index (χ2n) is 5.29. The predicted octanol–water partition coefficient (Wildman–Crippen LogP) is 3.86. The van der Waals surface area contributed by atoms with E-state index in [1.54, 1.807) is 0 Å². The van der Waals surface area contributed by atoms with Crippen LogP contribution in [0.25, 0.3) is 5.57 Å². The van der Waals surface area contributed by atoms with Gasteiger partial charge in [0.25, 0.3) is 0 Å². The Morgan fingerprint density at radius 2 is 2.12 bits per heavy atom. The molecule has 0 bridgehead atoms. The molecule has 1 aromatic carbocycles. The quantitative estimate of drug-likeness (QED) is 0.740. The van der Waals surface area contributed by atoms with Crippen molar-refractivity contribution >= 4 is 17.2 Å². The second kappa shape index (κ2) is 4.15. The number of halogens is 1. The van der Waals surface area contributed by atoms with E-state index >= 15 is 0 Å². The molecule has 0 saturated carbocycles. The lowest BCUT2D eigenvalue weighted by Gasteiger charge is -2.11. The van der Waals surface area contributed by atoms with Gasteiger partial charge >= 0.3 is 0 Å². The summed E-state index contributed by atoms with van der Waals surface area (Å²) in [6.07, 6.45) is 5.87. The maximum absolute atomic E-state index is 6.28. The zero-order valence-electron chi connectivity index (χ0n) is 10.2. The van der Waals surface area contributed by atoms with Gasteiger partial charge in [0.1, 0.15) is 0 Å². The average Bonchev–Trinajstić information content (AvgIpc) is 2.53. The molecule has 2 aliphatic rings. The zero-order valence-corrected chi connectivity index (χ0v) is 11.0. The van der Waals surface area contributed by atoms with Crippen LogP contribution in [0.4, 0.5) is 0 Å². The molecule has 2 aliphatic carbocycles. The Kier molecular flexibility index (Phi) is 2.76. The molecule has 0 aromatic heterocycles. The Hall–Kier alpha value is -0.790. The number of hydrogen-bond acceptors (Lipinski definition) is 1. The third-order valence-electron chi connectivity index (χ3n) is 4.12. The minimum absolute atomic E-state index is 0.263. The van der Waals surface area contributed by atoms with Crippen LogP contribution in [0.2, 0.25) is 5.02 Å². The fourth-order valence-corrected chi connectivity index (χ4v) is 3.31. The SMILES string of the molecule is Cc1cc2c(cc1Cl)C1=C(C2)C(N)CCCC1. The van der Waals surface area contributed by atoms with Crippen LogP contribution in [0.3, 0.4) is 0 Å². The summed E-state index contributed by atoms with van der Waals surface area (Å²) in [4.78, 5) is 0. The predicted molar refractivity (Wildman–Crippen MR) is 73.3 cm³/mol. The molecule has 0 fully saturated rings. The molecule has 1 nitrogen and oxygen atoms in total. The molecule has 1 unspecified atom stereocenters. The summed E-state index contributed by atoms with van der Waals surface area (Å²) in [5.41, 5.74) is 13.2. The monoisotopic (exact) mass is 247 g/mol. The number of fused-ring (bicyclic) bond motifs is 2. The van der Waals surface area contributed by atoms with E-state index < -0.39 is 0 Å². The van der Waals surface area contributed by atoms with Crippen molar-refractivity contribution in [1.82, 2.24) is 0 Å². The van der Waals surface area contributed by atoms with Crippen molar-refractivity contribution in [3.63, 3.8) is 0 Å². The minimum Gasteiger partial charge on any atom is -0.324 e. The van der Waals surface area contributed by atoms with Crippen molar-refractivity contribution in [2.24, 2.45) is 5.73 Å². The normalized spacial score (nSPS) is 23.4. The molecule has 3 rings (SSSR count). The van der Waals surface area contributed by atoms with Crippen molar-refractivity contribution in [2.45, 2.75) is 45.1 Å². The van der Waals surface area contributed by atoms with Gasteiger partial charge in [-0.3, -0.25) is 0 Å². The van der Waals surface area contributed by atoms with Crippen molar-refractivity contribution in [3.8, 4) is 0 Å². The summed E-state index contributed by atoms with van der Waals surface area (Å²) in [5, 5.41) is 0.885. The van der Waals surface area contributed by atoms with Crippen LogP contribution < -0.4 is 5.73 Å². The molecule has 0 amide bonds. The number of benzene rings is 1. The molecule has 17 heavy (non-hydrogen) atoms. The first kappa shape index (κ1) is 11.3. The van der Waals surface area contributed by atoms with Gasteiger partial charge in [-0.1, -0.05) is 24.1 Å². The molecule has 2 heteroatoms. The van der Waals surface area contributed by atoms with E-state index in [1.165, 1.54) is 47.1 Å². The average molecular weight is 248 g/mol. The van der Waals surface area contributed by atoms with Crippen molar-refractivity contribution in [2.75, 3.05) is 0 Å². The lowest BCUT2D eigenvalue weighted by atomic mass is 10.00. The van der Waals surface area contributed by atoms with Gasteiger partial charge in [0.2, 0.25) is 0 Å². The maximum atomic E-state index is 6.28. The molecule has 0 saturated heterocycles. The summed E-state index contributed by atoms with van der Waals surface area (Å²) in [5.74, 6) is 0. The van der Waals surface area contributed by atoms with Crippen LogP contribution in [0.5, 0.6) is 0 Å². The van der Waals surface area contributed by atoms with Crippen LogP contribution in [0, 0.1) is 6.92 Å². The van der Waals surface area contributed by atoms with E-state index in [2.05, 4.69) is 19.1 Å². The lowest BCUT2D eigenvalue weighted by Crippen LogP contribution is -2.22. The van der Waals surface area contributed by atoms with Gasteiger partial charge in [0, 0.05) is 11.1 Å². The topological polar surface area (TPSA) is 26.0 Å². The van der Waals surface area contributed by atoms with E-state index in [9.17, 15) is 0 Å². The standard InChI is InChI=1S/C15H18ClN/c1-9-6-10-7-13-11(12(10)8-14(9)16)4-2-3-5-15(13)17/h6,8,15H,2-5,7,17H2,1H3. The molecular weight excluding hydrogens is 230 g/mol. The Bertz CT molecular complexity index is 502. The van der Waals surface area contributed by atoms with Crippen molar-refractivity contribution < 1.29 is 0 Å². The van der Waals surface area contributed by atoms with E-state index in [1.807, 2.05) is 0 Å². The summed E-state index contributed by atoms with van der Waals surface area (Å²) in [6.45, 7) is 2.08. The molecule has 0 aliphatic heterocycles. The van der Waals surface area contributed by atoms with Crippen molar-refractivity contribution in [3.05, 3.63) is 39.4 Å². The van der Waals surface area contributed by atoms with Gasteiger partial charge in [0.05, 0.1) is 0 Å². The van der Waals surface area contributed by atoms with Crippen LogP contribution in [-0.4, -0.2) is 6.04 Å². The fraction of sp³-hybridized carbons (Fsp3) is 0.467. The summed E-state index contributed by atoms with van der Waals surface area (Å²) in [7, 11) is 0. The first-order valence-electron chi connectivity index (χ1n) is 6.43. The minimum atomic E-state index is 0.263. The Morgan fingerprint density at radius 1 is 1.29 bits per heavy atom. The molecule has 2 N–H and O–H groups in total. The van der Waals surface area contributed by atoms with Gasteiger partial charge in [-0.25, -0.2) is 0 Å². The number of allylic oxidation sites excluding steroid dienone is 1. The highest BCUT2D eigenvalue weighted by Gasteiger charge is 2.27. The number of nitrogens with two attached hydrogens (primary N) is 1. The molecule has 90 valence electrons. The summed E-state index contributed by atoms with van der Waals surface area (Å²) >= 11 is 6.25. The highest BCUT2D eigenvalue weighted by molar-refractivity contribution is 6.31. The Labute approximate surface area is 108 Å². The van der Waals surface area contributed by atoms with Crippen LogP contribution in [-0.2, 0) is 6.42 Å². The largest absolute Gasteiger partial charge is 0.324 e. The fourth-order valence-electron chi connectivity index (χ4n) is 3.14. The number of rotatable bonds is 0. The lowest BCUT2D eigenvalue weighted by molar-refractivity contribution is 0.634. The van der Waals surface area contributed by atoms with E-state index in [4.69, 9.17) is 17.3 Å². The first-order chi connectivity index (χ1) is 8.16. The van der Waals surface area contributed by atoms with Crippen LogP contribution >= 0.6 is 11.6 Å².